The second-order valence-electron chi connectivity index (χ2n) is 8.95. The van der Waals surface area contributed by atoms with Gasteiger partial charge in [-0.3, -0.25) is 9.59 Å². The average molecular weight is 402 g/mol. The SMILES string of the molecule is CC(=O)OC1C=C2C(=O)OCC23CC(=O)C(C)C(C)(CCC2=CCOC2=O)C3C1. The summed E-state index contributed by atoms with van der Waals surface area (Å²) in [6.45, 7) is 5.79. The molecule has 29 heavy (non-hydrogen) atoms. The molecule has 0 bridgehead atoms. The van der Waals surface area contributed by atoms with Crippen molar-refractivity contribution in [2.45, 2.75) is 52.6 Å². The largest absolute Gasteiger partial charge is 0.461 e. The average Bonchev–Trinajstić information content (AvgIpc) is 3.21. The van der Waals surface area contributed by atoms with Crippen molar-refractivity contribution < 1.29 is 33.4 Å². The molecule has 2 heterocycles. The van der Waals surface area contributed by atoms with Gasteiger partial charge in [-0.05, 0) is 42.7 Å². The van der Waals surface area contributed by atoms with E-state index in [1.807, 2.05) is 6.92 Å². The van der Waals surface area contributed by atoms with E-state index in [-0.39, 0.29) is 43.2 Å². The Hall–Kier alpha value is -2.44. The summed E-state index contributed by atoms with van der Waals surface area (Å²) < 4.78 is 15.9. The molecule has 0 aromatic heterocycles. The van der Waals surface area contributed by atoms with Crippen molar-refractivity contribution in [1.82, 2.24) is 0 Å². The molecule has 2 fully saturated rings. The molecule has 156 valence electrons. The van der Waals surface area contributed by atoms with Crippen molar-refractivity contribution in [2.24, 2.45) is 22.7 Å². The van der Waals surface area contributed by atoms with Crippen molar-refractivity contribution in [3.63, 3.8) is 0 Å². The molecule has 2 aliphatic carbocycles. The molecule has 4 aliphatic rings. The van der Waals surface area contributed by atoms with Gasteiger partial charge in [-0.15, -0.1) is 0 Å². The van der Waals surface area contributed by atoms with E-state index in [9.17, 15) is 19.2 Å². The van der Waals surface area contributed by atoms with Gasteiger partial charge in [0.1, 0.15) is 25.1 Å². The highest BCUT2D eigenvalue weighted by Gasteiger charge is 2.64. The quantitative estimate of drug-likeness (QED) is 0.526. The maximum absolute atomic E-state index is 13.0. The van der Waals surface area contributed by atoms with Gasteiger partial charge in [0.15, 0.2) is 0 Å². The monoisotopic (exact) mass is 402 g/mol. The number of hydrogen-bond acceptors (Lipinski definition) is 7. The summed E-state index contributed by atoms with van der Waals surface area (Å²) >= 11 is 0. The molecule has 1 saturated carbocycles. The van der Waals surface area contributed by atoms with E-state index in [1.165, 1.54) is 6.92 Å². The molecule has 0 aromatic rings. The lowest BCUT2D eigenvalue weighted by atomic mass is 9.46. The molecule has 4 rings (SSSR count). The number of esters is 3. The lowest BCUT2D eigenvalue weighted by Gasteiger charge is -2.56. The molecule has 0 aromatic carbocycles. The Kier molecular flexibility index (Phi) is 4.67. The molecule has 0 amide bonds. The standard InChI is InChI=1S/C22H26O7/c1-12-17(24)10-22-11-28-20(26)16(22)8-15(29-13(2)23)9-18(22)21(12,3)6-4-14-5-7-27-19(14)25/h5,8,12,15,18H,4,6-7,9-11H2,1-3H3. The summed E-state index contributed by atoms with van der Waals surface area (Å²) in [5.74, 6) is -1.38. The smallest absolute Gasteiger partial charge is 0.334 e. The van der Waals surface area contributed by atoms with Crippen LogP contribution < -0.4 is 0 Å². The summed E-state index contributed by atoms with van der Waals surface area (Å²) in [5.41, 5.74) is -0.0694. The van der Waals surface area contributed by atoms with Gasteiger partial charge in [0, 0.05) is 35.8 Å². The summed E-state index contributed by atoms with van der Waals surface area (Å²) in [5, 5.41) is 0. The minimum atomic E-state index is -0.684. The van der Waals surface area contributed by atoms with Gasteiger partial charge in [0.05, 0.1) is 0 Å². The molecule has 7 heteroatoms. The second kappa shape index (κ2) is 6.82. The van der Waals surface area contributed by atoms with E-state index in [2.05, 4.69) is 6.92 Å². The van der Waals surface area contributed by atoms with Crippen LogP contribution in [0.15, 0.2) is 23.3 Å². The van der Waals surface area contributed by atoms with E-state index >= 15 is 0 Å². The zero-order chi connectivity index (χ0) is 21.0. The van der Waals surface area contributed by atoms with Crippen molar-refractivity contribution >= 4 is 23.7 Å². The Morgan fingerprint density at radius 2 is 2.00 bits per heavy atom. The van der Waals surface area contributed by atoms with Crippen molar-refractivity contribution in [3.8, 4) is 0 Å². The molecule has 5 unspecified atom stereocenters. The summed E-state index contributed by atoms with van der Waals surface area (Å²) in [4.78, 5) is 49.0. The van der Waals surface area contributed by atoms with E-state index in [1.54, 1.807) is 12.2 Å². The minimum absolute atomic E-state index is 0.0866. The first-order valence-electron chi connectivity index (χ1n) is 10.1. The normalized spacial score (nSPS) is 38.4. The third-order valence-corrected chi connectivity index (χ3v) is 7.52. The lowest BCUT2D eigenvalue weighted by Crippen LogP contribution is -2.57. The Morgan fingerprint density at radius 3 is 2.66 bits per heavy atom. The van der Waals surface area contributed by atoms with Crippen LogP contribution in [0.25, 0.3) is 0 Å². The van der Waals surface area contributed by atoms with Crippen LogP contribution in [0.5, 0.6) is 0 Å². The van der Waals surface area contributed by atoms with Crippen LogP contribution in [0.3, 0.4) is 0 Å². The Bertz CT molecular complexity index is 853. The predicted octanol–water partition coefficient (Wildman–Crippen LogP) is 2.29. The first kappa shape index (κ1) is 19.9. The molecule has 1 spiro atoms. The van der Waals surface area contributed by atoms with Crippen molar-refractivity contribution in [3.05, 3.63) is 23.3 Å². The lowest BCUT2D eigenvalue weighted by molar-refractivity contribution is -0.155. The Balaban J connectivity index is 1.72. The topological polar surface area (TPSA) is 96.0 Å². The Labute approximate surface area is 169 Å². The molecule has 5 atom stereocenters. The fourth-order valence-electron chi connectivity index (χ4n) is 5.78. The molecular formula is C22H26O7. The van der Waals surface area contributed by atoms with Crippen LogP contribution in [-0.2, 0) is 33.4 Å². The third-order valence-electron chi connectivity index (χ3n) is 7.52. The number of carbonyl (C=O) groups is 4. The summed E-state index contributed by atoms with van der Waals surface area (Å²) in [6.07, 6.45) is 4.82. The zero-order valence-electron chi connectivity index (χ0n) is 17.0. The van der Waals surface area contributed by atoms with Crippen LogP contribution in [-0.4, -0.2) is 43.0 Å². The fourth-order valence-corrected chi connectivity index (χ4v) is 5.78. The number of carbonyl (C=O) groups excluding carboxylic acids is 4. The molecule has 0 N–H and O–H groups in total. The Morgan fingerprint density at radius 1 is 1.24 bits per heavy atom. The maximum atomic E-state index is 13.0. The molecule has 2 aliphatic heterocycles. The van der Waals surface area contributed by atoms with Gasteiger partial charge in [0.25, 0.3) is 0 Å². The van der Waals surface area contributed by atoms with Crippen molar-refractivity contribution in [1.29, 1.82) is 0 Å². The third kappa shape index (κ3) is 3.02. The summed E-state index contributed by atoms with van der Waals surface area (Å²) in [6, 6.07) is 0. The van der Waals surface area contributed by atoms with Crippen LogP contribution in [0, 0.1) is 22.7 Å². The minimum Gasteiger partial charge on any atom is -0.461 e. The van der Waals surface area contributed by atoms with Crippen LogP contribution >= 0.6 is 0 Å². The van der Waals surface area contributed by atoms with E-state index in [0.29, 0.717) is 30.4 Å². The first-order chi connectivity index (χ1) is 13.7. The highest BCUT2D eigenvalue weighted by molar-refractivity contribution is 5.96. The van der Waals surface area contributed by atoms with Gasteiger partial charge in [0.2, 0.25) is 0 Å². The van der Waals surface area contributed by atoms with Crippen LogP contribution in [0.1, 0.15) is 46.5 Å². The van der Waals surface area contributed by atoms with E-state index in [0.717, 1.165) is 0 Å². The highest BCUT2D eigenvalue weighted by atomic mass is 16.6. The van der Waals surface area contributed by atoms with E-state index < -0.39 is 28.9 Å². The van der Waals surface area contributed by atoms with Gasteiger partial charge in [-0.2, -0.15) is 0 Å². The van der Waals surface area contributed by atoms with Gasteiger partial charge >= 0.3 is 17.9 Å². The molecule has 7 nitrogen and oxygen atoms in total. The van der Waals surface area contributed by atoms with Crippen LogP contribution in [0.2, 0.25) is 0 Å². The fraction of sp³-hybridized carbons (Fsp3) is 0.636. The number of hydrogen-bond donors (Lipinski definition) is 0. The molecule has 0 radical (unpaired) electrons. The van der Waals surface area contributed by atoms with E-state index in [4.69, 9.17) is 14.2 Å². The highest BCUT2D eigenvalue weighted by Crippen LogP contribution is 2.63. The number of ether oxygens (including phenoxy) is 3. The molecular weight excluding hydrogens is 376 g/mol. The number of ketones is 1. The van der Waals surface area contributed by atoms with Gasteiger partial charge in [-0.25, -0.2) is 9.59 Å². The maximum Gasteiger partial charge on any atom is 0.334 e. The van der Waals surface area contributed by atoms with Crippen molar-refractivity contribution in [2.75, 3.05) is 13.2 Å². The predicted molar refractivity (Wildman–Crippen MR) is 100 cm³/mol. The van der Waals surface area contributed by atoms with Gasteiger partial charge < -0.3 is 14.2 Å². The summed E-state index contributed by atoms with van der Waals surface area (Å²) in [7, 11) is 0. The zero-order valence-corrected chi connectivity index (χ0v) is 17.0. The van der Waals surface area contributed by atoms with Gasteiger partial charge in [-0.1, -0.05) is 13.8 Å². The number of rotatable bonds is 4. The second-order valence-corrected chi connectivity index (χ2v) is 8.95. The molecule has 1 saturated heterocycles. The first-order valence-corrected chi connectivity index (χ1v) is 10.1. The number of cyclic esters (lactones) is 2. The van der Waals surface area contributed by atoms with Crippen LogP contribution in [0.4, 0.5) is 0 Å². The number of Topliss-reactive ketones (excluding diaryl/α,β-unsaturated/α-hetero) is 1.